The van der Waals surface area contributed by atoms with Gasteiger partial charge in [-0.15, -0.1) is 0 Å². The van der Waals surface area contributed by atoms with Gasteiger partial charge in [0.2, 0.25) is 5.91 Å². The van der Waals surface area contributed by atoms with Gasteiger partial charge in [-0.05, 0) is 24.6 Å². The molecule has 6 nitrogen and oxygen atoms in total. The normalized spacial score (nSPS) is 9.84. The number of amides is 1. The van der Waals surface area contributed by atoms with Gasteiger partial charge in [-0.3, -0.25) is 4.79 Å². The van der Waals surface area contributed by atoms with E-state index in [9.17, 15) is 9.59 Å². The van der Waals surface area contributed by atoms with Crippen LogP contribution in [-0.2, 0) is 9.53 Å². The van der Waals surface area contributed by atoms with Crippen LogP contribution in [0, 0.1) is 0 Å². The zero-order valence-electron chi connectivity index (χ0n) is 11.1. The maximum absolute atomic E-state index is 11.7. The highest BCUT2D eigenvalue weighted by Crippen LogP contribution is 2.25. The predicted molar refractivity (Wildman–Crippen MR) is 71.3 cm³/mol. The number of hydrogen-bond donors (Lipinski definition) is 2. The van der Waals surface area contributed by atoms with Gasteiger partial charge in [0.1, 0.15) is 5.75 Å². The topological polar surface area (TPSA) is 90.7 Å². The first-order chi connectivity index (χ1) is 9.12. The molecule has 6 heteroatoms. The van der Waals surface area contributed by atoms with E-state index in [4.69, 9.17) is 15.2 Å². The van der Waals surface area contributed by atoms with E-state index in [0.717, 1.165) is 6.42 Å². The summed E-state index contributed by atoms with van der Waals surface area (Å²) in [6.07, 6.45) is 0.757. The summed E-state index contributed by atoms with van der Waals surface area (Å²) in [5, 5.41) is 2.58. The number of nitrogens with one attached hydrogen (secondary N) is 1. The smallest absolute Gasteiger partial charge is 0.338 e. The molecule has 0 aliphatic heterocycles. The van der Waals surface area contributed by atoms with Gasteiger partial charge in [-0.1, -0.05) is 6.92 Å². The van der Waals surface area contributed by atoms with E-state index >= 15 is 0 Å². The highest BCUT2D eigenvalue weighted by Gasteiger charge is 2.12. The van der Waals surface area contributed by atoms with Gasteiger partial charge in [-0.25, -0.2) is 4.79 Å². The highest BCUT2D eigenvalue weighted by molar-refractivity contribution is 5.95. The van der Waals surface area contributed by atoms with Crippen LogP contribution in [0.15, 0.2) is 18.2 Å². The molecule has 0 fully saturated rings. The predicted octanol–water partition coefficient (Wildman–Crippen LogP) is 1.16. The van der Waals surface area contributed by atoms with Crippen molar-refractivity contribution >= 4 is 17.6 Å². The highest BCUT2D eigenvalue weighted by atomic mass is 16.5. The Bertz CT molecular complexity index is 460. The van der Waals surface area contributed by atoms with E-state index in [-0.39, 0.29) is 12.5 Å². The molecular weight excluding hydrogens is 248 g/mol. The summed E-state index contributed by atoms with van der Waals surface area (Å²) < 4.78 is 10.1. The van der Waals surface area contributed by atoms with Gasteiger partial charge in [0.15, 0.2) is 0 Å². The lowest BCUT2D eigenvalue weighted by molar-refractivity contribution is -0.114. The van der Waals surface area contributed by atoms with E-state index in [1.54, 1.807) is 12.1 Å². The molecule has 0 aromatic heterocycles. The third kappa shape index (κ3) is 4.26. The Morgan fingerprint density at radius 2 is 2.11 bits per heavy atom. The van der Waals surface area contributed by atoms with Crippen LogP contribution in [0.3, 0.4) is 0 Å². The van der Waals surface area contributed by atoms with Crippen molar-refractivity contribution in [1.82, 2.24) is 0 Å². The van der Waals surface area contributed by atoms with Crippen LogP contribution in [0.4, 0.5) is 5.69 Å². The minimum Gasteiger partial charge on any atom is -0.495 e. The molecule has 0 saturated heterocycles. The molecule has 19 heavy (non-hydrogen) atoms. The monoisotopic (exact) mass is 266 g/mol. The molecule has 1 aromatic rings. The van der Waals surface area contributed by atoms with Gasteiger partial charge >= 0.3 is 5.97 Å². The van der Waals surface area contributed by atoms with Crippen molar-refractivity contribution in [2.24, 2.45) is 5.73 Å². The van der Waals surface area contributed by atoms with E-state index < -0.39 is 5.97 Å². The van der Waals surface area contributed by atoms with Crippen LogP contribution in [0.5, 0.6) is 5.75 Å². The zero-order chi connectivity index (χ0) is 14.3. The van der Waals surface area contributed by atoms with Crippen LogP contribution in [-0.4, -0.2) is 32.1 Å². The van der Waals surface area contributed by atoms with Crippen molar-refractivity contribution in [3.63, 3.8) is 0 Å². The minimum absolute atomic E-state index is 0.122. The Labute approximate surface area is 111 Å². The van der Waals surface area contributed by atoms with Crippen LogP contribution in [0.25, 0.3) is 0 Å². The van der Waals surface area contributed by atoms with Crippen molar-refractivity contribution in [3.8, 4) is 5.75 Å². The number of anilines is 1. The fourth-order valence-corrected chi connectivity index (χ4v) is 1.40. The van der Waals surface area contributed by atoms with E-state index in [0.29, 0.717) is 23.6 Å². The van der Waals surface area contributed by atoms with Crippen LogP contribution in [0.1, 0.15) is 23.7 Å². The molecule has 0 radical (unpaired) electrons. The maximum atomic E-state index is 11.7. The first-order valence-corrected chi connectivity index (χ1v) is 5.97. The summed E-state index contributed by atoms with van der Waals surface area (Å²) in [5.74, 6) is -0.371. The third-order valence-electron chi connectivity index (χ3n) is 2.33. The number of esters is 1. The first kappa shape index (κ1) is 15.0. The van der Waals surface area contributed by atoms with Gasteiger partial charge in [-0.2, -0.15) is 0 Å². The van der Waals surface area contributed by atoms with Gasteiger partial charge in [0.25, 0.3) is 0 Å². The van der Waals surface area contributed by atoms with Crippen molar-refractivity contribution < 1.29 is 19.1 Å². The number of benzene rings is 1. The molecule has 1 aromatic carbocycles. The van der Waals surface area contributed by atoms with E-state index in [1.165, 1.54) is 13.2 Å². The second-order valence-corrected chi connectivity index (χ2v) is 3.80. The van der Waals surface area contributed by atoms with Crippen molar-refractivity contribution in [1.29, 1.82) is 0 Å². The molecule has 1 rings (SSSR count). The fourth-order valence-electron chi connectivity index (χ4n) is 1.40. The van der Waals surface area contributed by atoms with Crippen molar-refractivity contribution in [2.45, 2.75) is 13.3 Å². The lowest BCUT2D eigenvalue weighted by Gasteiger charge is -2.11. The van der Waals surface area contributed by atoms with Gasteiger partial charge in [0, 0.05) is 0 Å². The quantitative estimate of drug-likeness (QED) is 0.754. The van der Waals surface area contributed by atoms with Crippen LogP contribution in [0.2, 0.25) is 0 Å². The summed E-state index contributed by atoms with van der Waals surface area (Å²) >= 11 is 0. The second kappa shape index (κ2) is 7.38. The molecule has 0 aliphatic rings. The van der Waals surface area contributed by atoms with Gasteiger partial charge < -0.3 is 20.5 Å². The fraction of sp³-hybridized carbons (Fsp3) is 0.385. The Hall–Kier alpha value is -2.08. The van der Waals surface area contributed by atoms with E-state index in [2.05, 4.69) is 5.32 Å². The molecule has 1 amide bonds. The average Bonchev–Trinajstić information content (AvgIpc) is 2.44. The third-order valence-corrected chi connectivity index (χ3v) is 2.33. The maximum Gasteiger partial charge on any atom is 0.338 e. The number of carbonyl (C=O) groups excluding carboxylic acids is 2. The number of carbonyl (C=O) groups is 2. The Morgan fingerprint density at radius 3 is 2.68 bits per heavy atom. The number of nitrogens with two attached hydrogens (primary N) is 1. The molecule has 0 unspecified atom stereocenters. The number of hydrogen-bond acceptors (Lipinski definition) is 5. The molecule has 0 atom stereocenters. The van der Waals surface area contributed by atoms with Crippen molar-refractivity contribution in [2.75, 3.05) is 25.6 Å². The molecular formula is C13H18N2O4. The molecule has 0 saturated carbocycles. The SMILES string of the molecule is CCCOC(=O)c1ccc(NC(=O)CN)c(OC)c1. The number of rotatable bonds is 6. The largest absolute Gasteiger partial charge is 0.495 e. The summed E-state index contributed by atoms with van der Waals surface area (Å²) in [5.41, 5.74) is 6.05. The van der Waals surface area contributed by atoms with Crippen LogP contribution >= 0.6 is 0 Å². The standard InChI is InChI=1S/C13H18N2O4/c1-3-6-19-13(17)9-4-5-10(11(7-9)18-2)15-12(16)8-14/h4-5,7H,3,6,8,14H2,1-2H3,(H,15,16). The second-order valence-electron chi connectivity index (χ2n) is 3.80. The average molecular weight is 266 g/mol. The summed E-state index contributed by atoms with van der Waals surface area (Å²) in [7, 11) is 1.45. The molecule has 0 heterocycles. The zero-order valence-corrected chi connectivity index (χ0v) is 11.1. The summed E-state index contributed by atoms with van der Waals surface area (Å²) in [4.78, 5) is 22.9. The van der Waals surface area contributed by atoms with Gasteiger partial charge in [0.05, 0.1) is 31.5 Å². The molecule has 0 spiro atoms. The van der Waals surface area contributed by atoms with Crippen LogP contribution < -0.4 is 15.8 Å². The molecule has 3 N–H and O–H groups in total. The minimum atomic E-state index is -0.420. The van der Waals surface area contributed by atoms with Crippen molar-refractivity contribution in [3.05, 3.63) is 23.8 Å². The molecule has 0 aliphatic carbocycles. The number of methoxy groups -OCH3 is 1. The lowest BCUT2D eigenvalue weighted by atomic mass is 10.2. The Morgan fingerprint density at radius 1 is 1.37 bits per heavy atom. The summed E-state index contributed by atoms with van der Waals surface area (Å²) in [6, 6.07) is 4.66. The Kier molecular flexibility index (Phi) is 5.81. The summed E-state index contributed by atoms with van der Waals surface area (Å²) in [6.45, 7) is 2.16. The first-order valence-electron chi connectivity index (χ1n) is 5.97. The Balaban J connectivity index is 2.89. The lowest BCUT2D eigenvalue weighted by Crippen LogP contribution is -2.22. The number of ether oxygens (including phenoxy) is 2. The molecule has 104 valence electrons. The van der Waals surface area contributed by atoms with E-state index in [1.807, 2.05) is 6.92 Å². The molecule has 0 bridgehead atoms.